The van der Waals surface area contributed by atoms with E-state index in [1.165, 1.54) is 11.3 Å². The van der Waals surface area contributed by atoms with Gasteiger partial charge in [-0.2, -0.15) is 5.26 Å². The van der Waals surface area contributed by atoms with Crippen LogP contribution in [0, 0.1) is 23.2 Å². The summed E-state index contributed by atoms with van der Waals surface area (Å²) >= 11 is 1.38. The van der Waals surface area contributed by atoms with E-state index >= 15 is 0 Å². The third-order valence-corrected chi connectivity index (χ3v) is 3.83. The summed E-state index contributed by atoms with van der Waals surface area (Å²) in [6, 6.07) is 6.06. The molecule has 98 valence electrons. The highest BCUT2D eigenvalue weighted by molar-refractivity contribution is 7.14. The van der Waals surface area contributed by atoms with Gasteiger partial charge in [0.05, 0.1) is 28.8 Å². The lowest BCUT2D eigenvalue weighted by Crippen LogP contribution is -2.33. The number of thiophene rings is 1. The van der Waals surface area contributed by atoms with Gasteiger partial charge in [0.25, 0.3) is 5.91 Å². The Bertz CT molecular complexity index is 557. The van der Waals surface area contributed by atoms with Gasteiger partial charge in [0.1, 0.15) is 0 Å². The summed E-state index contributed by atoms with van der Waals surface area (Å²) in [7, 11) is 0. The van der Waals surface area contributed by atoms with Crippen LogP contribution in [0.2, 0.25) is 0 Å². The second-order valence-electron chi connectivity index (χ2n) is 4.31. The molecule has 1 aromatic heterocycles. The van der Waals surface area contributed by atoms with Crippen molar-refractivity contribution in [1.82, 2.24) is 4.90 Å². The van der Waals surface area contributed by atoms with Gasteiger partial charge in [-0.1, -0.05) is 11.8 Å². The van der Waals surface area contributed by atoms with Crippen LogP contribution in [0.5, 0.6) is 0 Å². The molecule has 0 saturated heterocycles. The third-order valence-electron chi connectivity index (χ3n) is 2.84. The topological polar surface area (TPSA) is 70.1 Å². The lowest BCUT2D eigenvalue weighted by molar-refractivity contribution is 0.0751. The lowest BCUT2D eigenvalue weighted by atomic mass is 10.3. The predicted octanol–water partition coefficient (Wildman–Crippen LogP) is 1.58. The number of hydrogen-bond acceptors (Lipinski definition) is 4. The second-order valence-corrected chi connectivity index (χ2v) is 5.39. The monoisotopic (exact) mass is 273 g/mol. The molecule has 0 aliphatic heterocycles. The Labute approximate surface area is 116 Å². The number of amides is 1. The maximum atomic E-state index is 12.4. The zero-order valence-corrected chi connectivity index (χ0v) is 11.4. The fraction of sp³-hybridized carbons (Fsp3) is 0.429. The molecule has 5 heteroatoms. The van der Waals surface area contributed by atoms with Crippen molar-refractivity contribution in [1.29, 1.82) is 5.26 Å². The standard InChI is InChI=1S/C14H15N3OS/c15-8-1-3-12-6-7-13(19-12)14(18)17(10-2-9-16)11-4-5-11/h6-7,11H,2,4-5,8,10,15H2. The summed E-state index contributed by atoms with van der Waals surface area (Å²) in [5.41, 5.74) is 5.32. The van der Waals surface area contributed by atoms with Crippen LogP contribution in [0.25, 0.3) is 0 Å². The molecule has 1 aliphatic rings. The highest BCUT2D eigenvalue weighted by Crippen LogP contribution is 2.29. The molecule has 1 amide bonds. The van der Waals surface area contributed by atoms with Crippen molar-refractivity contribution in [3.8, 4) is 17.9 Å². The molecule has 19 heavy (non-hydrogen) atoms. The van der Waals surface area contributed by atoms with E-state index in [0.717, 1.165) is 17.7 Å². The van der Waals surface area contributed by atoms with Crippen molar-refractivity contribution >= 4 is 17.2 Å². The summed E-state index contributed by atoms with van der Waals surface area (Å²) in [6.45, 7) is 0.833. The molecule has 0 unspecified atom stereocenters. The molecular formula is C14H15N3OS. The molecule has 0 aromatic carbocycles. The van der Waals surface area contributed by atoms with Gasteiger partial charge in [0, 0.05) is 12.6 Å². The Hall–Kier alpha value is -1.82. The number of nitriles is 1. The molecule has 1 saturated carbocycles. The zero-order valence-electron chi connectivity index (χ0n) is 10.6. The molecule has 0 spiro atoms. The fourth-order valence-corrected chi connectivity index (χ4v) is 2.64. The van der Waals surface area contributed by atoms with Gasteiger partial charge in [-0.25, -0.2) is 0 Å². The first-order chi connectivity index (χ1) is 9.26. The van der Waals surface area contributed by atoms with Crippen molar-refractivity contribution in [2.45, 2.75) is 25.3 Å². The summed E-state index contributed by atoms with van der Waals surface area (Å²) in [4.78, 5) is 15.7. The first-order valence-corrected chi connectivity index (χ1v) is 7.04. The summed E-state index contributed by atoms with van der Waals surface area (Å²) in [5.74, 6) is 5.72. The van der Waals surface area contributed by atoms with Crippen LogP contribution in [0.4, 0.5) is 0 Å². The van der Waals surface area contributed by atoms with Crippen molar-refractivity contribution in [3.05, 3.63) is 21.9 Å². The first kappa shape index (κ1) is 13.6. The number of carbonyl (C=O) groups is 1. The van der Waals surface area contributed by atoms with Crippen LogP contribution in [0.1, 0.15) is 33.8 Å². The normalized spacial score (nSPS) is 13.3. The SMILES string of the molecule is N#CCCN(C(=O)c1ccc(C#CCN)s1)C1CC1. The van der Waals surface area contributed by atoms with Crippen molar-refractivity contribution in [2.75, 3.05) is 13.1 Å². The molecule has 2 N–H and O–H groups in total. The molecule has 1 aromatic rings. The van der Waals surface area contributed by atoms with Gasteiger partial charge in [-0.3, -0.25) is 4.79 Å². The van der Waals surface area contributed by atoms with Gasteiger partial charge >= 0.3 is 0 Å². The van der Waals surface area contributed by atoms with Crippen LogP contribution >= 0.6 is 11.3 Å². The van der Waals surface area contributed by atoms with Crippen LogP contribution in [0.15, 0.2) is 12.1 Å². The minimum absolute atomic E-state index is 0.0172. The number of carbonyl (C=O) groups excluding carboxylic acids is 1. The van der Waals surface area contributed by atoms with E-state index in [2.05, 4.69) is 17.9 Å². The van der Waals surface area contributed by atoms with E-state index < -0.39 is 0 Å². The van der Waals surface area contributed by atoms with Crippen LogP contribution in [-0.4, -0.2) is 29.9 Å². The largest absolute Gasteiger partial charge is 0.334 e. The van der Waals surface area contributed by atoms with Crippen LogP contribution < -0.4 is 5.73 Å². The summed E-state index contributed by atoms with van der Waals surface area (Å²) in [6.07, 6.45) is 2.47. The van der Waals surface area contributed by atoms with E-state index in [9.17, 15) is 4.79 Å². The number of hydrogen-bond donors (Lipinski definition) is 1. The Balaban J connectivity index is 2.08. The number of rotatable bonds is 4. The maximum Gasteiger partial charge on any atom is 0.264 e. The van der Waals surface area contributed by atoms with Crippen molar-refractivity contribution < 1.29 is 4.79 Å². The summed E-state index contributed by atoms with van der Waals surface area (Å²) in [5, 5.41) is 8.66. The Morgan fingerprint density at radius 1 is 1.53 bits per heavy atom. The van der Waals surface area contributed by atoms with Crippen molar-refractivity contribution in [3.63, 3.8) is 0 Å². The average Bonchev–Trinajstić information content (AvgIpc) is 3.14. The number of nitrogens with zero attached hydrogens (tertiary/aromatic N) is 2. The summed E-state index contributed by atoms with van der Waals surface area (Å²) < 4.78 is 0. The molecule has 0 bridgehead atoms. The molecule has 2 rings (SSSR count). The van der Waals surface area contributed by atoms with Crippen molar-refractivity contribution in [2.24, 2.45) is 5.73 Å². The molecule has 0 radical (unpaired) electrons. The van der Waals surface area contributed by atoms with Crippen LogP contribution in [0.3, 0.4) is 0 Å². The average molecular weight is 273 g/mol. The highest BCUT2D eigenvalue weighted by atomic mass is 32.1. The first-order valence-electron chi connectivity index (χ1n) is 6.23. The Morgan fingerprint density at radius 3 is 2.95 bits per heavy atom. The Kier molecular flexibility index (Phi) is 4.57. The van der Waals surface area contributed by atoms with Gasteiger partial charge in [-0.05, 0) is 25.0 Å². The predicted molar refractivity (Wildman–Crippen MR) is 74.5 cm³/mol. The smallest absolute Gasteiger partial charge is 0.264 e. The minimum Gasteiger partial charge on any atom is -0.334 e. The fourth-order valence-electron chi connectivity index (χ4n) is 1.81. The van der Waals surface area contributed by atoms with E-state index in [1.807, 2.05) is 11.0 Å². The van der Waals surface area contributed by atoms with E-state index in [0.29, 0.717) is 30.4 Å². The van der Waals surface area contributed by atoms with Gasteiger partial charge < -0.3 is 10.6 Å². The van der Waals surface area contributed by atoms with E-state index in [-0.39, 0.29) is 5.91 Å². The molecule has 4 nitrogen and oxygen atoms in total. The lowest BCUT2D eigenvalue weighted by Gasteiger charge is -2.20. The highest BCUT2D eigenvalue weighted by Gasteiger charge is 2.33. The van der Waals surface area contributed by atoms with E-state index in [1.54, 1.807) is 6.07 Å². The van der Waals surface area contributed by atoms with Crippen LogP contribution in [-0.2, 0) is 0 Å². The second kappa shape index (κ2) is 6.38. The maximum absolute atomic E-state index is 12.4. The van der Waals surface area contributed by atoms with Gasteiger partial charge in [0.2, 0.25) is 0 Å². The molecule has 1 fully saturated rings. The Morgan fingerprint density at radius 2 is 2.32 bits per heavy atom. The van der Waals surface area contributed by atoms with Gasteiger partial charge in [-0.15, -0.1) is 11.3 Å². The molecule has 1 heterocycles. The van der Waals surface area contributed by atoms with Gasteiger partial charge in [0.15, 0.2) is 0 Å². The third kappa shape index (κ3) is 3.57. The molecule has 1 aliphatic carbocycles. The quantitative estimate of drug-likeness (QED) is 0.847. The van der Waals surface area contributed by atoms with E-state index in [4.69, 9.17) is 11.0 Å². The molecule has 0 atom stereocenters. The minimum atomic E-state index is 0.0172. The molecular weight excluding hydrogens is 258 g/mol. The zero-order chi connectivity index (χ0) is 13.7. The number of nitrogens with two attached hydrogens (primary N) is 1.